The van der Waals surface area contributed by atoms with Gasteiger partial charge in [-0.05, 0) is 60.5 Å². The van der Waals surface area contributed by atoms with Gasteiger partial charge in [0.25, 0.3) is 0 Å². The molecule has 0 unspecified atom stereocenters. The van der Waals surface area contributed by atoms with Gasteiger partial charge in [0.2, 0.25) is 0 Å². The van der Waals surface area contributed by atoms with Crippen molar-refractivity contribution < 1.29 is 23.5 Å². The lowest BCUT2D eigenvalue weighted by Gasteiger charge is -2.13. The highest BCUT2D eigenvalue weighted by molar-refractivity contribution is 6.39. The Balaban J connectivity index is 1.59. The summed E-state index contributed by atoms with van der Waals surface area (Å²) in [5.74, 6) is -1.57. The van der Waals surface area contributed by atoms with Gasteiger partial charge in [0, 0.05) is 11.3 Å². The Hall–Kier alpha value is -4.42. The number of benzene rings is 3. The molecular formula is C26H22ClFN4O4. The van der Waals surface area contributed by atoms with Crippen LogP contribution in [0.15, 0.2) is 65.8 Å². The van der Waals surface area contributed by atoms with Crippen molar-refractivity contribution in [1.82, 2.24) is 5.43 Å². The Labute approximate surface area is 212 Å². The zero-order valence-electron chi connectivity index (χ0n) is 19.3. The number of anilines is 1. The second-order valence-electron chi connectivity index (χ2n) is 7.31. The van der Waals surface area contributed by atoms with Gasteiger partial charge in [-0.15, -0.1) is 0 Å². The minimum absolute atomic E-state index is 0.0920. The molecule has 10 heteroatoms. The van der Waals surface area contributed by atoms with Crippen LogP contribution in [0.1, 0.15) is 23.6 Å². The number of halogens is 2. The van der Waals surface area contributed by atoms with Crippen LogP contribution in [0.4, 0.5) is 10.1 Å². The molecule has 0 fully saturated rings. The van der Waals surface area contributed by atoms with Crippen molar-refractivity contribution in [2.45, 2.75) is 20.0 Å². The van der Waals surface area contributed by atoms with Gasteiger partial charge in [-0.2, -0.15) is 10.4 Å². The lowest BCUT2D eigenvalue weighted by Crippen LogP contribution is -2.32. The van der Waals surface area contributed by atoms with Crippen LogP contribution in [-0.2, 0) is 22.6 Å². The third-order valence-electron chi connectivity index (χ3n) is 4.78. The van der Waals surface area contributed by atoms with Crippen molar-refractivity contribution in [2.75, 3.05) is 11.9 Å². The van der Waals surface area contributed by atoms with Gasteiger partial charge >= 0.3 is 11.8 Å². The number of hydrogen-bond acceptors (Lipinski definition) is 6. The van der Waals surface area contributed by atoms with Crippen molar-refractivity contribution in [3.05, 3.63) is 88.2 Å². The molecule has 0 atom stereocenters. The van der Waals surface area contributed by atoms with Gasteiger partial charge in [-0.1, -0.05) is 29.8 Å². The van der Waals surface area contributed by atoms with Gasteiger partial charge in [-0.3, -0.25) is 9.59 Å². The lowest BCUT2D eigenvalue weighted by atomic mass is 10.1. The molecule has 2 N–H and O–H groups in total. The summed E-state index contributed by atoms with van der Waals surface area (Å²) >= 11 is 6.05. The number of amides is 2. The highest BCUT2D eigenvalue weighted by Crippen LogP contribution is 2.30. The van der Waals surface area contributed by atoms with E-state index in [-0.39, 0.29) is 23.6 Å². The van der Waals surface area contributed by atoms with Crippen molar-refractivity contribution in [3.8, 4) is 17.6 Å². The Morgan fingerprint density at radius 1 is 1.08 bits per heavy atom. The summed E-state index contributed by atoms with van der Waals surface area (Å²) in [6, 6.07) is 17.9. The number of hydrogen-bond donors (Lipinski definition) is 2. The number of nitrogens with zero attached hydrogens (tertiary/aromatic N) is 2. The minimum Gasteiger partial charge on any atom is -0.490 e. The van der Waals surface area contributed by atoms with E-state index in [2.05, 4.69) is 15.8 Å². The van der Waals surface area contributed by atoms with Crippen molar-refractivity contribution in [3.63, 3.8) is 0 Å². The van der Waals surface area contributed by atoms with E-state index in [1.807, 2.05) is 6.07 Å². The molecule has 0 bridgehead atoms. The molecule has 0 heterocycles. The molecule has 8 nitrogen and oxygen atoms in total. The molecule has 0 spiro atoms. The van der Waals surface area contributed by atoms with E-state index in [4.69, 9.17) is 26.3 Å². The van der Waals surface area contributed by atoms with Gasteiger partial charge in [-0.25, -0.2) is 9.82 Å². The van der Waals surface area contributed by atoms with Crippen LogP contribution >= 0.6 is 11.6 Å². The van der Waals surface area contributed by atoms with Crippen LogP contribution < -0.4 is 20.2 Å². The highest BCUT2D eigenvalue weighted by Gasteiger charge is 2.14. The smallest absolute Gasteiger partial charge is 0.329 e. The molecule has 0 aliphatic heterocycles. The molecule has 36 heavy (non-hydrogen) atoms. The van der Waals surface area contributed by atoms with E-state index in [9.17, 15) is 14.0 Å². The first-order valence-electron chi connectivity index (χ1n) is 10.8. The van der Waals surface area contributed by atoms with E-state index in [1.165, 1.54) is 18.3 Å². The van der Waals surface area contributed by atoms with Crippen molar-refractivity contribution >= 4 is 35.3 Å². The largest absolute Gasteiger partial charge is 0.490 e. The number of ether oxygens (including phenoxy) is 2. The maximum atomic E-state index is 14.0. The molecule has 0 aliphatic rings. The average Bonchev–Trinajstić information content (AvgIpc) is 2.86. The van der Waals surface area contributed by atoms with Gasteiger partial charge in [0.15, 0.2) is 11.5 Å². The van der Waals surface area contributed by atoms with Crippen LogP contribution in [0.5, 0.6) is 11.5 Å². The minimum atomic E-state index is -0.959. The fraction of sp³-hybridized carbons (Fsp3) is 0.154. The number of nitrogens with one attached hydrogen (secondary N) is 2. The Morgan fingerprint density at radius 3 is 2.56 bits per heavy atom. The summed E-state index contributed by atoms with van der Waals surface area (Å²) in [5, 5.41) is 15.2. The fourth-order valence-corrected chi connectivity index (χ4v) is 3.23. The summed E-state index contributed by atoms with van der Waals surface area (Å²) in [6.07, 6.45) is 1.59. The second kappa shape index (κ2) is 12.9. The lowest BCUT2D eigenvalue weighted by molar-refractivity contribution is -0.136. The van der Waals surface area contributed by atoms with Crippen molar-refractivity contribution in [2.24, 2.45) is 5.10 Å². The van der Waals surface area contributed by atoms with Crippen molar-refractivity contribution in [1.29, 1.82) is 5.26 Å². The fourth-order valence-electron chi connectivity index (χ4n) is 3.01. The van der Waals surface area contributed by atoms with E-state index >= 15 is 0 Å². The average molecular weight is 509 g/mol. The molecule has 184 valence electrons. The summed E-state index contributed by atoms with van der Waals surface area (Å²) < 4.78 is 25.3. The summed E-state index contributed by atoms with van der Waals surface area (Å²) in [4.78, 5) is 24.1. The molecule has 0 saturated heterocycles. The molecule has 3 aromatic rings. The summed E-state index contributed by atoms with van der Waals surface area (Å²) in [5.41, 5.74) is 4.15. The molecule has 3 rings (SSSR count). The monoisotopic (exact) mass is 508 g/mol. The van der Waals surface area contributed by atoms with E-state index in [0.29, 0.717) is 29.4 Å². The van der Waals surface area contributed by atoms with Gasteiger partial charge in [0.1, 0.15) is 12.4 Å². The molecule has 0 aliphatic carbocycles. The standard InChI is InChI=1S/C26H22ClFN4O4/c1-2-35-24-14-18(8-11-23(24)36-16-20-21(27)4-3-5-22(20)28)15-30-32-26(34)25(33)31-19-9-6-17(7-10-19)12-13-29/h3-11,14-15H,2,12,16H2,1H3,(H,31,33)(H,32,34). The molecule has 0 saturated carbocycles. The molecule has 0 radical (unpaired) electrons. The van der Waals surface area contributed by atoms with Gasteiger partial charge < -0.3 is 14.8 Å². The number of carbonyl (C=O) groups is 2. The van der Waals surface area contributed by atoms with E-state index in [1.54, 1.807) is 55.5 Å². The molecule has 0 aromatic heterocycles. The third-order valence-corrected chi connectivity index (χ3v) is 5.14. The topological polar surface area (TPSA) is 113 Å². The maximum Gasteiger partial charge on any atom is 0.329 e. The van der Waals surface area contributed by atoms with Gasteiger partial charge in [0.05, 0.1) is 30.3 Å². The summed E-state index contributed by atoms with van der Waals surface area (Å²) in [6.45, 7) is 2.06. The Kier molecular flexibility index (Phi) is 9.37. The van der Waals surface area contributed by atoms with Crippen LogP contribution in [0.25, 0.3) is 0 Å². The molecule has 2 amide bonds. The van der Waals surface area contributed by atoms with Crippen LogP contribution in [0, 0.1) is 17.1 Å². The van der Waals surface area contributed by atoms with Crippen LogP contribution in [-0.4, -0.2) is 24.6 Å². The Morgan fingerprint density at radius 2 is 1.86 bits per heavy atom. The predicted molar refractivity (Wildman–Crippen MR) is 133 cm³/mol. The zero-order valence-corrected chi connectivity index (χ0v) is 20.0. The molecule has 3 aromatic carbocycles. The number of carbonyl (C=O) groups excluding carboxylic acids is 2. The predicted octanol–water partition coefficient (Wildman–Crippen LogP) is 4.61. The van der Waals surface area contributed by atoms with E-state index in [0.717, 1.165) is 5.56 Å². The zero-order chi connectivity index (χ0) is 25.9. The second-order valence-corrected chi connectivity index (χ2v) is 7.72. The normalized spacial score (nSPS) is 10.5. The highest BCUT2D eigenvalue weighted by atomic mass is 35.5. The molecular weight excluding hydrogens is 487 g/mol. The first kappa shape index (κ1) is 26.2. The first-order chi connectivity index (χ1) is 17.4. The SMILES string of the molecule is CCOc1cc(C=NNC(=O)C(=O)Nc2ccc(CC#N)cc2)ccc1OCc1c(F)cccc1Cl. The summed E-state index contributed by atoms with van der Waals surface area (Å²) in [7, 11) is 0. The quantitative estimate of drug-likeness (QED) is 0.249. The van der Waals surface area contributed by atoms with E-state index < -0.39 is 17.6 Å². The number of hydrazone groups is 1. The third kappa shape index (κ3) is 7.29. The van der Waals surface area contributed by atoms with Crippen LogP contribution in [0.2, 0.25) is 5.02 Å². The van der Waals surface area contributed by atoms with Crippen LogP contribution in [0.3, 0.4) is 0 Å². The Bertz CT molecular complexity index is 1290. The maximum absolute atomic E-state index is 14.0. The number of nitriles is 1. The first-order valence-corrected chi connectivity index (χ1v) is 11.2. The number of rotatable bonds is 9.